The number of amides is 1. The zero-order chi connectivity index (χ0) is 18.7. The minimum atomic E-state index is -0.154. The fourth-order valence-electron chi connectivity index (χ4n) is 2.29. The summed E-state index contributed by atoms with van der Waals surface area (Å²) < 4.78 is 5.34. The van der Waals surface area contributed by atoms with E-state index in [4.69, 9.17) is 4.74 Å². The number of nitrogens with zero attached hydrogens (tertiary/aromatic N) is 2. The first-order chi connectivity index (χ1) is 12.5. The fourth-order valence-corrected chi connectivity index (χ4v) is 4.05. The summed E-state index contributed by atoms with van der Waals surface area (Å²) in [4.78, 5) is 21.0. The van der Waals surface area contributed by atoms with Crippen molar-refractivity contribution in [3.8, 4) is 16.3 Å². The maximum atomic E-state index is 11.2. The molecule has 0 aliphatic rings. The average molecular weight is 392 g/mol. The van der Waals surface area contributed by atoms with E-state index in [0.29, 0.717) is 27.4 Å². The van der Waals surface area contributed by atoms with Crippen molar-refractivity contribution in [1.82, 2.24) is 9.97 Å². The van der Waals surface area contributed by atoms with Gasteiger partial charge in [-0.3, -0.25) is 4.79 Å². The number of aromatic nitrogens is 2. The third-order valence-electron chi connectivity index (χ3n) is 3.43. The maximum absolute atomic E-state index is 11.2. The summed E-state index contributed by atoms with van der Waals surface area (Å²) in [6, 6.07) is 5.29. The van der Waals surface area contributed by atoms with Gasteiger partial charge in [-0.1, -0.05) is 11.3 Å². The molecule has 136 valence electrons. The molecule has 8 nitrogen and oxygen atoms in total. The molecule has 5 N–H and O–H groups in total. The lowest BCUT2D eigenvalue weighted by molar-refractivity contribution is -0.825. The number of thiazole rings is 2. The van der Waals surface area contributed by atoms with Crippen molar-refractivity contribution in [2.45, 2.75) is 13.8 Å². The van der Waals surface area contributed by atoms with E-state index in [9.17, 15) is 10.0 Å². The summed E-state index contributed by atoms with van der Waals surface area (Å²) in [5, 5.41) is 18.3. The molecule has 0 saturated heterocycles. The molecule has 0 atom stereocenters. The van der Waals surface area contributed by atoms with E-state index in [0.717, 1.165) is 21.7 Å². The second-order valence-electron chi connectivity index (χ2n) is 5.37. The first-order valence-electron chi connectivity index (χ1n) is 7.63. The van der Waals surface area contributed by atoms with E-state index in [1.807, 2.05) is 12.3 Å². The summed E-state index contributed by atoms with van der Waals surface area (Å²) in [6.07, 6.45) is 0. The number of aryl methyl sites for hydroxylation is 1. The first kappa shape index (κ1) is 18.3. The molecule has 3 rings (SSSR count). The smallest absolute Gasteiger partial charge is 0.223 e. The molecule has 26 heavy (non-hydrogen) atoms. The highest BCUT2D eigenvalue weighted by molar-refractivity contribution is 7.20. The zero-order valence-corrected chi connectivity index (χ0v) is 16.0. The Morgan fingerprint density at radius 3 is 2.81 bits per heavy atom. The molecule has 2 heterocycles. The van der Waals surface area contributed by atoms with Crippen LogP contribution in [0.3, 0.4) is 0 Å². The minimum Gasteiger partial charge on any atom is -0.495 e. The quantitative estimate of drug-likeness (QED) is 0.379. The van der Waals surface area contributed by atoms with Gasteiger partial charge >= 0.3 is 0 Å². The van der Waals surface area contributed by atoms with Gasteiger partial charge < -0.3 is 15.4 Å². The zero-order valence-electron chi connectivity index (χ0n) is 14.4. The van der Waals surface area contributed by atoms with Gasteiger partial charge in [0.15, 0.2) is 16.0 Å². The van der Waals surface area contributed by atoms with Crippen molar-refractivity contribution in [3.05, 3.63) is 29.3 Å². The Balaban J connectivity index is 1.85. The molecule has 0 saturated carbocycles. The van der Waals surface area contributed by atoms with Gasteiger partial charge in [-0.05, 0) is 13.0 Å². The van der Waals surface area contributed by atoms with E-state index < -0.39 is 0 Å². The monoisotopic (exact) mass is 392 g/mol. The Kier molecular flexibility index (Phi) is 5.47. The highest BCUT2D eigenvalue weighted by atomic mass is 32.1. The largest absolute Gasteiger partial charge is 0.495 e. The number of ether oxygens (including phenoxy) is 1. The number of benzene rings is 1. The molecule has 0 spiro atoms. The fraction of sp³-hybridized carbons (Fsp3) is 0.188. The van der Waals surface area contributed by atoms with Crippen molar-refractivity contribution >= 4 is 50.2 Å². The molecule has 0 aliphatic heterocycles. The number of anilines is 3. The van der Waals surface area contributed by atoms with Crippen molar-refractivity contribution in [2.24, 2.45) is 0 Å². The van der Waals surface area contributed by atoms with Crippen molar-refractivity contribution in [2.75, 3.05) is 17.7 Å². The number of nitrogens with one attached hydrogen (secondary N) is 2. The molecular weight excluding hydrogens is 374 g/mol. The van der Waals surface area contributed by atoms with Crippen LogP contribution in [0.1, 0.15) is 12.6 Å². The molecule has 0 fully saturated rings. The van der Waals surface area contributed by atoms with Gasteiger partial charge in [0.2, 0.25) is 5.91 Å². The van der Waals surface area contributed by atoms with Gasteiger partial charge in [0, 0.05) is 24.4 Å². The van der Waals surface area contributed by atoms with E-state index in [1.54, 1.807) is 25.3 Å². The van der Waals surface area contributed by atoms with Crippen LogP contribution >= 0.6 is 22.7 Å². The predicted molar refractivity (Wildman–Crippen MR) is 102 cm³/mol. The van der Waals surface area contributed by atoms with Crippen molar-refractivity contribution in [3.63, 3.8) is 0 Å². The molecular formula is C16H18N5O3S2+. The molecule has 1 aromatic carbocycles. The van der Waals surface area contributed by atoms with Crippen LogP contribution in [0.5, 0.6) is 5.75 Å². The number of rotatable bonds is 6. The number of methoxy groups -OCH3 is 1. The molecule has 0 radical (unpaired) electrons. The molecule has 0 bridgehead atoms. The first-order valence-corrected chi connectivity index (χ1v) is 9.33. The number of hydrogen-bond acceptors (Lipinski definition) is 8. The molecule has 3 aromatic rings. The third-order valence-corrected chi connectivity index (χ3v) is 5.28. The Labute approximate surface area is 157 Å². The Bertz CT molecular complexity index is 938. The topological polar surface area (TPSA) is 113 Å². The van der Waals surface area contributed by atoms with Crippen LogP contribution in [0, 0.1) is 6.92 Å². The summed E-state index contributed by atoms with van der Waals surface area (Å²) >= 11 is 2.83. The van der Waals surface area contributed by atoms with Gasteiger partial charge in [0.05, 0.1) is 29.1 Å². The van der Waals surface area contributed by atoms with E-state index in [-0.39, 0.29) is 5.91 Å². The van der Waals surface area contributed by atoms with Gasteiger partial charge in [-0.2, -0.15) is 5.48 Å². The van der Waals surface area contributed by atoms with Crippen LogP contribution in [0.15, 0.2) is 23.6 Å². The van der Waals surface area contributed by atoms with Crippen LogP contribution in [0.25, 0.3) is 10.6 Å². The number of carbonyl (C=O) groups is 1. The lowest BCUT2D eigenvalue weighted by Gasteiger charge is -2.09. The standard InChI is InChI=1S/C16H17N5O3S2/c1-8-14(26-16(17-8)18-9(2)22)12-7-25-15(20-12)19-11-6-10(21-23)4-5-13(11)24-3/h4-7,21,23H,1-3H3,(H,19,20)(H,17,18,22)/p+1. The van der Waals surface area contributed by atoms with Crippen LogP contribution in [-0.2, 0) is 4.79 Å². The second kappa shape index (κ2) is 7.79. The van der Waals surface area contributed by atoms with Gasteiger partial charge in [0.1, 0.15) is 5.75 Å². The maximum Gasteiger partial charge on any atom is 0.223 e. The third kappa shape index (κ3) is 3.99. The number of carbonyl (C=O) groups excluding carboxylic acids is 1. The van der Waals surface area contributed by atoms with E-state index >= 15 is 0 Å². The predicted octanol–water partition coefficient (Wildman–Crippen LogP) is 2.87. The molecule has 0 aliphatic carbocycles. The summed E-state index contributed by atoms with van der Waals surface area (Å²) in [5.41, 5.74) is 3.99. The van der Waals surface area contributed by atoms with Crippen molar-refractivity contribution < 1.29 is 20.2 Å². The summed E-state index contributed by atoms with van der Waals surface area (Å²) in [7, 11) is 1.58. The molecule has 2 aromatic heterocycles. The van der Waals surface area contributed by atoms with Gasteiger partial charge in [-0.15, -0.1) is 11.3 Å². The molecule has 10 heteroatoms. The summed E-state index contributed by atoms with van der Waals surface area (Å²) in [6.45, 7) is 3.33. The van der Waals surface area contributed by atoms with E-state index in [2.05, 4.69) is 20.6 Å². The normalized spacial score (nSPS) is 10.6. The van der Waals surface area contributed by atoms with Crippen LogP contribution in [0.4, 0.5) is 21.6 Å². The SMILES string of the molecule is COc1ccc([NH2+]O)cc1Nc1nc(-c2sc(NC(C)=O)nc2C)cs1. The molecule has 1 amide bonds. The number of quaternary nitrogens is 1. The number of hydrogen-bond donors (Lipinski definition) is 4. The summed E-state index contributed by atoms with van der Waals surface area (Å²) in [5.74, 6) is 0.493. The Morgan fingerprint density at radius 1 is 1.31 bits per heavy atom. The lowest BCUT2D eigenvalue weighted by atomic mass is 10.2. The van der Waals surface area contributed by atoms with E-state index in [1.165, 1.54) is 29.6 Å². The highest BCUT2D eigenvalue weighted by Crippen LogP contribution is 2.36. The van der Waals surface area contributed by atoms with Crippen LogP contribution in [0.2, 0.25) is 0 Å². The minimum absolute atomic E-state index is 0.154. The van der Waals surface area contributed by atoms with Crippen LogP contribution < -0.4 is 20.9 Å². The Morgan fingerprint density at radius 2 is 2.12 bits per heavy atom. The molecule has 0 unspecified atom stereocenters. The van der Waals surface area contributed by atoms with Crippen LogP contribution in [-0.4, -0.2) is 28.2 Å². The van der Waals surface area contributed by atoms with Crippen molar-refractivity contribution in [1.29, 1.82) is 0 Å². The Hall–Kier alpha value is -2.53. The average Bonchev–Trinajstić information content (AvgIpc) is 3.20. The number of nitrogens with two attached hydrogens (primary N) is 1. The van der Waals surface area contributed by atoms with Gasteiger partial charge in [-0.25, -0.2) is 15.2 Å². The lowest BCUT2D eigenvalue weighted by Crippen LogP contribution is -2.73. The van der Waals surface area contributed by atoms with Gasteiger partial charge in [0.25, 0.3) is 0 Å². The highest BCUT2D eigenvalue weighted by Gasteiger charge is 2.15. The second-order valence-corrected chi connectivity index (χ2v) is 7.22.